The quantitative estimate of drug-likeness (QED) is 0.612. The number of methoxy groups -OCH3 is 1. The third-order valence-electron chi connectivity index (χ3n) is 4.74. The van der Waals surface area contributed by atoms with E-state index in [4.69, 9.17) is 13.9 Å². The first-order valence-electron chi connectivity index (χ1n) is 9.43. The molecule has 0 spiro atoms. The molecule has 2 aromatic carbocycles. The van der Waals surface area contributed by atoms with Crippen molar-refractivity contribution in [3.8, 4) is 17.2 Å². The van der Waals surface area contributed by atoms with Gasteiger partial charge in [-0.2, -0.15) is 4.31 Å². The standard InChI is InChI=1S/C20H20N4O6S/c1-28-17-6-5-14(12-18(17)31(26,27)24-7-9-29-10-8-24)19(25)22-16-4-2-3-15(11-16)20-23-21-13-30-20/h2-6,11-13H,7-10H2,1H3,(H,22,25). The molecule has 3 aromatic rings. The van der Waals surface area contributed by atoms with E-state index < -0.39 is 15.9 Å². The highest BCUT2D eigenvalue weighted by molar-refractivity contribution is 7.89. The molecule has 10 nitrogen and oxygen atoms in total. The van der Waals surface area contributed by atoms with Gasteiger partial charge in [-0.3, -0.25) is 4.79 Å². The molecule has 1 fully saturated rings. The number of nitrogens with zero attached hydrogens (tertiary/aromatic N) is 3. The largest absolute Gasteiger partial charge is 0.495 e. The molecule has 2 heterocycles. The van der Waals surface area contributed by atoms with Crippen LogP contribution in [-0.4, -0.2) is 62.2 Å². The van der Waals surface area contributed by atoms with Crippen LogP contribution in [0, 0.1) is 0 Å². The van der Waals surface area contributed by atoms with Crippen LogP contribution in [0.15, 0.2) is 58.2 Å². The Morgan fingerprint density at radius 1 is 1.16 bits per heavy atom. The summed E-state index contributed by atoms with van der Waals surface area (Å²) in [6, 6.07) is 11.2. The number of rotatable bonds is 6. The first kappa shape index (κ1) is 21.0. The zero-order chi connectivity index (χ0) is 21.8. The fourth-order valence-electron chi connectivity index (χ4n) is 3.18. The Hall–Kier alpha value is -3.28. The van der Waals surface area contributed by atoms with Gasteiger partial charge in [0.05, 0.1) is 20.3 Å². The summed E-state index contributed by atoms with van der Waals surface area (Å²) in [5.41, 5.74) is 1.31. The summed E-state index contributed by atoms with van der Waals surface area (Å²) < 4.78 is 43.2. The summed E-state index contributed by atoms with van der Waals surface area (Å²) in [5.74, 6) is 0.0182. The number of carbonyl (C=O) groups is 1. The Morgan fingerprint density at radius 3 is 2.68 bits per heavy atom. The Kier molecular flexibility index (Phi) is 5.98. The molecule has 0 saturated carbocycles. The van der Waals surface area contributed by atoms with Crippen molar-refractivity contribution in [3.63, 3.8) is 0 Å². The number of sulfonamides is 1. The highest BCUT2D eigenvalue weighted by Gasteiger charge is 2.30. The molecule has 162 valence electrons. The smallest absolute Gasteiger partial charge is 0.255 e. The predicted molar refractivity (Wildman–Crippen MR) is 110 cm³/mol. The van der Waals surface area contributed by atoms with Crippen molar-refractivity contribution >= 4 is 21.6 Å². The van der Waals surface area contributed by atoms with E-state index in [1.165, 1.54) is 36.0 Å². The number of benzene rings is 2. The molecule has 11 heteroatoms. The van der Waals surface area contributed by atoms with Crippen LogP contribution >= 0.6 is 0 Å². The maximum Gasteiger partial charge on any atom is 0.255 e. The number of hydrogen-bond acceptors (Lipinski definition) is 8. The number of anilines is 1. The lowest BCUT2D eigenvalue weighted by Crippen LogP contribution is -2.40. The second-order valence-electron chi connectivity index (χ2n) is 6.66. The van der Waals surface area contributed by atoms with Crippen LogP contribution in [0.2, 0.25) is 0 Å². The highest BCUT2D eigenvalue weighted by Crippen LogP contribution is 2.29. The molecule has 1 amide bonds. The highest BCUT2D eigenvalue weighted by atomic mass is 32.2. The van der Waals surface area contributed by atoms with Crippen molar-refractivity contribution in [2.75, 3.05) is 38.7 Å². The fourth-order valence-corrected chi connectivity index (χ4v) is 4.77. The van der Waals surface area contributed by atoms with Crippen molar-refractivity contribution in [3.05, 3.63) is 54.4 Å². The van der Waals surface area contributed by atoms with Gasteiger partial charge in [0.2, 0.25) is 22.3 Å². The van der Waals surface area contributed by atoms with Gasteiger partial charge in [-0.05, 0) is 36.4 Å². The average molecular weight is 444 g/mol. The number of nitrogens with one attached hydrogen (secondary N) is 1. The van der Waals surface area contributed by atoms with Gasteiger partial charge in [0.15, 0.2) is 0 Å². The van der Waals surface area contributed by atoms with Gasteiger partial charge in [-0.1, -0.05) is 6.07 Å². The molecule has 0 atom stereocenters. The minimum atomic E-state index is -3.85. The molecule has 0 bridgehead atoms. The minimum absolute atomic E-state index is 0.0656. The second kappa shape index (κ2) is 8.84. The zero-order valence-electron chi connectivity index (χ0n) is 16.6. The van der Waals surface area contributed by atoms with Crippen molar-refractivity contribution in [2.45, 2.75) is 4.90 Å². The van der Waals surface area contributed by atoms with Gasteiger partial charge in [-0.15, -0.1) is 10.2 Å². The minimum Gasteiger partial charge on any atom is -0.495 e. The Bertz CT molecular complexity index is 1170. The van der Waals surface area contributed by atoms with E-state index in [1.54, 1.807) is 24.3 Å². The lowest BCUT2D eigenvalue weighted by molar-refractivity contribution is 0.0729. The second-order valence-corrected chi connectivity index (χ2v) is 8.57. The normalized spacial score (nSPS) is 14.9. The number of amides is 1. The van der Waals surface area contributed by atoms with Crippen molar-refractivity contribution < 1.29 is 27.1 Å². The molecule has 1 aliphatic heterocycles. The molecule has 31 heavy (non-hydrogen) atoms. The summed E-state index contributed by atoms with van der Waals surface area (Å²) in [6.07, 6.45) is 1.22. The summed E-state index contributed by atoms with van der Waals surface area (Å²) in [7, 11) is -2.46. The van der Waals surface area contributed by atoms with E-state index in [2.05, 4.69) is 15.5 Å². The number of hydrogen-bond donors (Lipinski definition) is 1. The Labute approximate surface area is 178 Å². The van der Waals surface area contributed by atoms with Crippen molar-refractivity contribution in [2.24, 2.45) is 0 Å². The van der Waals surface area contributed by atoms with Gasteiger partial charge in [0.1, 0.15) is 10.6 Å². The molecule has 1 saturated heterocycles. The third kappa shape index (κ3) is 4.43. The van der Waals surface area contributed by atoms with E-state index in [9.17, 15) is 13.2 Å². The summed E-state index contributed by atoms with van der Waals surface area (Å²) >= 11 is 0. The van der Waals surface area contributed by atoms with Gasteiger partial charge >= 0.3 is 0 Å². The van der Waals surface area contributed by atoms with Crippen molar-refractivity contribution in [1.82, 2.24) is 14.5 Å². The van der Waals surface area contributed by atoms with Crippen LogP contribution < -0.4 is 10.1 Å². The predicted octanol–water partition coefficient (Wildman–Crippen LogP) is 2.02. The third-order valence-corrected chi connectivity index (χ3v) is 6.66. The molecule has 0 unspecified atom stereocenters. The lowest BCUT2D eigenvalue weighted by Gasteiger charge is -2.26. The SMILES string of the molecule is COc1ccc(C(=O)Nc2cccc(-c3nnco3)c2)cc1S(=O)(=O)N1CCOCC1. The molecular weight excluding hydrogens is 424 g/mol. The number of ether oxygens (including phenoxy) is 2. The van der Waals surface area contributed by atoms with Crippen LogP contribution in [0.5, 0.6) is 5.75 Å². The number of morpholine rings is 1. The van der Waals surface area contributed by atoms with Gasteiger partial charge in [0.25, 0.3) is 5.91 Å². The Balaban J connectivity index is 1.61. The topological polar surface area (TPSA) is 124 Å². The summed E-state index contributed by atoms with van der Waals surface area (Å²) in [4.78, 5) is 12.8. The first-order chi connectivity index (χ1) is 15.0. The summed E-state index contributed by atoms with van der Waals surface area (Å²) in [6.45, 7) is 1.12. The summed E-state index contributed by atoms with van der Waals surface area (Å²) in [5, 5.41) is 10.2. The van der Waals surface area contributed by atoms with E-state index in [1.807, 2.05) is 0 Å². The first-order valence-corrected chi connectivity index (χ1v) is 10.9. The maximum atomic E-state index is 13.1. The molecule has 4 rings (SSSR count). The lowest BCUT2D eigenvalue weighted by atomic mass is 10.1. The van der Waals surface area contributed by atoms with E-state index in [-0.39, 0.29) is 29.3 Å². The van der Waals surface area contributed by atoms with Gasteiger partial charge in [-0.25, -0.2) is 8.42 Å². The molecular formula is C20H20N4O6S. The monoisotopic (exact) mass is 444 g/mol. The van der Waals surface area contributed by atoms with Crippen LogP contribution in [0.4, 0.5) is 5.69 Å². The zero-order valence-corrected chi connectivity index (χ0v) is 17.5. The van der Waals surface area contributed by atoms with Crippen LogP contribution in [0.1, 0.15) is 10.4 Å². The van der Waals surface area contributed by atoms with Crippen LogP contribution in [-0.2, 0) is 14.8 Å². The fraction of sp³-hybridized carbons (Fsp3) is 0.250. The van der Waals surface area contributed by atoms with Gasteiger partial charge in [0, 0.05) is 29.9 Å². The van der Waals surface area contributed by atoms with Crippen LogP contribution in [0.3, 0.4) is 0 Å². The molecule has 0 radical (unpaired) electrons. The van der Waals surface area contributed by atoms with E-state index >= 15 is 0 Å². The Morgan fingerprint density at radius 2 is 1.97 bits per heavy atom. The number of aromatic nitrogens is 2. The number of carbonyl (C=O) groups excluding carboxylic acids is 1. The molecule has 0 aliphatic carbocycles. The van der Waals surface area contributed by atoms with Crippen LogP contribution in [0.25, 0.3) is 11.5 Å². The average Bonchev–Trinajstić information content (AvgIpc) is 3.34. The van der Waals surface area contributed by atoms with Crippen molar-refractivity contribution in [1.29, 1.82) is 0 Å². The van der Waals surface area contributed by atoms with Gasteiger partial charge < -0.3 is 19.2 Å². The van der Waals surface area contributed by atoms with E-state index in [0.717, 1.165) is 0 Å². The maximum absolute atomic E-state index is 13.1. The molecule has 1 aromatic heterocycles. The van der Waals surface area contributed by atoms with E-state index in [0.29, 0.717) is 30.4 Å². The molecule has 1 aliphatic rings. The molecule has 1 N–H and O–H groups in total.